The van der Waals surface area contributed by atoms with Crippen LogP contribution < -0.4 is 5.32 Å². The van der Waals surface area contributed by atoms with Gasteiger partial charge in [-0.2, -0.15) is 0 Å². The van der Waals surface area contributed by atoms with Crippen molar-refractivity contribution >= 4 is 23.0 Å². The fourth-order valence-electron chi connectivity index (χ4n) is 2.72. The molecule has 0 radical (unpaired) electrons. The number of carboxylic acid groups (broad SMARTS) is 1. The second-order valence-electron chi connectivity index (χ2n) is 5.70. The van der Waals surface area contributed by atoms with Crippen LogP contribution in [0.4, 0.5) is 5.82 Å². The highest BCUT2D eigenvalue weighted by molar-refractivity contribution is 5.82. The van der Waals surface area contributed by atoms with Crippen molar-refractivity contribution in [1.29, 1.82) is 0 Å². The number of hydrogen-bond donors (Lipinski definition) is 5. The summed E-state index contributed by atoms with van der Waals surface area (Å²) in [5.41, 5.74) is 0.807. The Kier molecular flexibility index (Phi) is 5.08. The zero-order valence-corrected chi connectivity index (χ0v) is 13.2. The van der Waals surface area contributed by atoms with Gasteiger partial charge in [0.25, 0.3) is 0 Å². The minimum Gasteiger partial charge on any atom is -0.481 e. The van der Waals surface area contributed by atoms with E-state index in [1.807, 2.05) is 0 Å². The smallest absolute Gasteiger partial charge is 0.303 e. The molecule has 3 rings (SSSR count). The second kappa shape index (κ2) is 7.27. The molecule has 2 aromatic rings. The molecule has 11 heteroatoms. The Morgan fingerprint density at radius 1 is 1.28 bits per heavy atom. The number of carboxylic acids is 1. The van der Waals surface area contributed by atoms with Gasteiger partial charge in [0.2, 0.25) is 0 Å². The first-order chi connectivity index (χ1) is 12.0. The predicted molar refractivity (Wildman–Crippen MR) is 83.7 cm³/mol. The molecule has 1 aliphatic rings. The number of anilines is 1. The van der Waals surface area contributed by atoms with Crippen LogP contribution in [0.15, 0.2) is 12.7 Å². The topological polar surface area (TPSA) is 163 Å². The molecule has 1 aliphatic heterocycles. The minimum atomic E-state index is -1.24. The highest BCUT2D eigenvalue weighted by Gasteiger charge is 2.44. The number of nitrogens with zero attached hydrogens (tertiary/aromatic N) is 4. The van der Waals surface area contributed by atoms with E-state index in [4.69, 9.17) is 9.84 Å². The monoisotopic (exact) mass is 353 g/mol. The summed E-state index contributed by atoms with van der Waals surface area (Å²) in [6.07, 6.45) is -1.11. The lowest BCUT2D eigenvalue weighted by Gasteiger charge is -2.16. The predicted octanol–water partition coefficient (Wildman–Crippen LogP) is -1.29. The molecule has 0 aliphatic carbocycles. The van der Waals surface area contributed by atoms with E-state index in [1.165, 1.54) is 17.2 Å². The number of aliphatic hydroxyl groups is 3. The van der Waals surface area contributed by atoms with Crippen molar-refractivity contribution < 1.29 is 30.0 Å². The lowest BCUT2D eigenvalue weighted by molar-refractivity contribution is -0.137. The van der Waals surface area contributed by atoms with Gasteiger partial charge in [-0.15, -0.1) is 0 Å². The average Bonchev–Trinajstić information content (AvgIpc) is 3.14. The van der Waals surface area contributed by atoms with Crippen LogP contribution in [0.25, 0.3) is 11.2 Å². The van der Waals surface area contributed by atoms with Crippen LogP contribution >= 0.6 is 0 Å². The number of ether oxygens (including phenoxy) is 1. The molecule has 0 amide bonds. The standard InChI is InChI=1S/C14H19N5O6/c20-4-7-10(23)11(24)14(25-7)19-6-18-9-12(16-5-17-13(9)19)15-3-1-2-8(21)22/h5-7,10-11,14,20,23-24H,1-4H2,(H,21,22)(H,15,16,17)/t7-,10+,11-,14-/m0/s1. The summed E-state index contributed by atoms with van der Waals surface area (Å²) in [6, 6.07) is 0. The van der Waals surface area contributed by atoms with Crippen molar-refractivity contribution in [2.24, 2.45) is 0 Å². The normalized spacial score (nSPS) is 26.2. The summed E-state index contributed by atoms with van der Waals surface area (Å²) in [5.74, 6) is -0.441. The molecule has 1 saturated heterocycles. The van der Waals surface area contributed by atoms with E-state index in [0.29, 0.717) is 29.9 Å². The third kappa shape index (κ3) is 3.39. The van der Waals surface area contributed by atoms with Crippen LogP contribution in [0.3, 0.4) is 0 Å². The van der Waals surface area contributed by atoms with Crippen LogP contribution in [0.1, 0.15) is 19.1 Å². The van der Waals surface area contributed by atoms with Gasteiger partial charge in [-0.1, -0.05) is 0 Å². The van der Waals surface area contributed by atoms with Crippen molar-refractivity contribution in [1.82, 2.24) is 19.5 Å². The van der Waals surface area contributed by atoms with Gasteiger partial charge >= 0.3 is 5.97 Å². The molecule has 136 valence electrons. The highest BCUT2D eigenvalue weighted by Crippen LogP contribution is 2.31. The molecule has 3 heterocycles. The summed E-state index contributed by atoms with van der Waals surface area (Å²) < 4.78 is 6.94. The van der Waals surface area contributed by atoms with E-state index < -0.39 is 37.1 Å². The Balaban J connectivity index is 1.80. The number of imidazole rings is 1. The first kappa shape index (κ1) is 17.5. The number of aliphatic carboxylic acids is 1. The highest BCUT2D eigenvalue weighted by atomic mass is 16.6. The SMILES string of the molecule is O=C(O)CCCNc1ncnc2c1ncn2[C@H]1O[C@@H](CO)[C@@H](O)[C@@H]1O. The van der Waals surface area contributed by atoms with Gasteiger partial charge in [-0.25, -0.2) is 15.0 Å². The minimum absolute atomic E-state index is 0.0399. The molecular weight excluding hydrogens is 334 g/mol. The van der Waals surface area contributed by atoms with Crippen LogP contribution in [0.5, 0.6) is 0 Å². The Labute approximate surface area is 141 Å². The zero-order valence-electron chi connectivity index (χ0n) is 13.2. The number of rotatable bonds is 7. The molecule has 11 nitrogen and oxygen atoms in total. The van der Waals surface area contributed by atoms with Crippen LogP contribution in [-0.2, 0) is 9.53 Å². The number of nitrogens with one attached hydrogen (secondary N) is 1. The molecule has 4 atom stereocenters. The van der Waals surface area contributed by atoms with Gasteiger partial charge in [0, 0.05) is 13.0 Å². The maximum atomic E-state index is 10.5. The lowest BCUT2D eigenvalue weighted by Crippen LogP contribution is -2.33. The third-order valence-corrected chi connectivity index (χ3v) is 4.01. The summed E-state index contributed by atoms with van der Waals surface area (Å²) in [4.78, 5) is 23.0. The summed E-state index contributed by atoms with van der Waals surface area (Å²) >= 11 is 0. The number of aromatic nitrogens is 4. The van der Waals surface area contributed by atoms with Gasteiger partial charge in [-0.05, 0) is 6.42 Å². The number of fused-ring (bicyclic) bond motifs is 1. The Morgan fingerprint density at radius 2 is 2.08 bits per heavy atom. The number of carbonyl (C=O) groups is 1. The van der Waals surface area contributed by atoms with Crippen molar-refractivity contribution in [2.45, 2.75) is 37.4 Å². The fourth-order valence-corrected chi connectivity index (χ4v) is 2.72. The zero-order chi connectivity index (χ0) is 18.0. The average molecular weight is 353 g/mol. The van der Waals surface area contributed by atoms with Crippen LogP contribution in [0, 0.1) is 0 Å². The van der Waals surface area contributed by atoms with Crippen molar-refractivity contribution in [3.63, 3.8) is 0 Å². The Morgan fingerprint density at radius 3 is 2.76 bits per heavy atom. The molecule has 0 unspecified atom stereocenters. The quantitative estimate of drug-likeness (QED) is 0.379. The third-order valence-electron chi connectivity index (χ3n) is 4.01. The first-order valence-corrected chi connectivity index (χ1v) is 7.78. The summed E-state index contributed by atoms with van der Waals surface area (Å²) in [6.45, 7) is -0.0220. The second-order valence-corrected chi connectivity index (χ2v) is 5.70. The molecule has 25 heavy (non-hydrogen) atoms. The van der Waals surface area contributed by atoms with E-state index in [9.17, 15) is 20.1 Å². The van der Waals surface area contributed by atoms with Crippen molar-refractivity contribution in [3.8, 4) is 0 Å². The Bertz CT molecular complexity index is 752. The van der Waals surface area contributed by atoms with Gasteiger partial charge in [0.05, 0.1) is 12.9 Å². The largest absolute Gasteiger partial charge is 0.481 e. The maximum absolute atomic E-state index is 10.5. The molecule has 0 aromatic carbocycles. The molecule has 1 fully saturated rings. The van der Waals surface area contributed by atoms with E-state index in [0.717, 1.165) is 0 Å². The maximum Gasteiger partial charge on any atom is 0.303 e. The van der Waals surface area contributed by atoms with E-state index in [2.05, 4.69) is 20.3 Å². The van der Waals surface area contributed by atoms with Crippen LogP contribution in [-0.4, -0.2) is 77.4 Å². The number of hydrogen-bond acceptors (Lipinski definition) is 9. The molecule has 0 bridgehead atoms. The summed E-state index contributed by atoms with van der Waals surface area (Å²) in [5, 5.41) is 40.9. The first-order valence-electron chi connectivity index (χ1n) is 7.78. The van der Waals surface area contributed by atoms with E-state index in [1.54, 1.807) is 0 Å². The molecule has 2 aromatic heterocycles. The van der Waals surface area contributed by atoms with Gasteiger partial charge in [-0.3, -0.25) is 9.36 Å². The van der Waals surface area contributed by atoms with Gasteiger partial charge in [0.15, 0.2) is 23.2 Å². The summed E-state index contributed by atoms with van der Waals surface area (Å²) in [7, 11) is 0. The van der Waals surface area contributed by atoms with Gasteiger partial charge < -0.3 is 30.5 Å². The van der Waals surface area contributed by atoms with E-state index in [-0.39, 0.29) is 6.42 Å². The van der Waals surface area contributed by atoms with E-state index >= 15 is 0 Å². The van der Waals surface area contributed by atoms with Gasteiger partial charge in [0.1, 0.15) is 24.6 Å². The molecule has 0 spiro atoms. The Hall–Kier alpha value is -2.34. The van der Waals surface area contributed by atoms with Crippen LogP contribution in [0.2, 0.25) is 0 Å². The van der Waals surface area contributed by atoms with Crippen molar-refractivity contribution in [2.75, 3.05) is 18.5 Å². The molecule has 0 saturated carbocycles. The fraction of sp³-hybridized carbons (Fsp3) is 0.571. The van der Waals surface area contributed by atoms with Crippen molar-refractivity contribution in [3.05, 3.63) is 12.7 Å². The lowest BCUT2D eigenvalue weighted by atomic mass is 10.1. The number of aliphatic hydroxyl groups excluding tert-OH is 3. The molecular formula is C14H19N5O6. The molecule has 5 N–H and O–H groups in total.